The second-order valence-electron chi connectivity index (χ2n) is 13.1. The predicted molar refractivity (Wildman–Crippen MR) is 195 cm³/mol. The fourth-order valence-electron chi connectivity index (χ4n) is 7.93. The van der Waals surface area contributed by atoms with Crippen molar-refractivity contribution in [3.8, 4) is 0 Å². The van der Waals surface area contributed by atoms with E-state index in [1.165, 1.54) is 5.69 Å². The Kier molecular flexibility index (Phi) is 8.48. The molecule has 7 heteroatoms. The number of carbonyl (C=O) groups excluding carboxylic acids is 2. The van der Waals surface area contributed by atoms with Crippen LogP contribution in [0.15, 0.2) is 152 Å². The van der Waals surface area contributed by atoms with Crippen LogP contribution >= 0.6 is 11.8 Å². The quantitative estimate of drug-likeness (QED) is 0.104. The standard InChI is InChI=1S/C42H39N3O3S/c46-38-36(43-42(32-18-8-2-9-19-32,33-20-10-3-11-21-33)34-22-12-4-13-23-34)39-45(38)37(40(47)48-30-31-16-6-1-7-17-31)41(49-39)26-28-44(29-27-41)35-24-14-5-15-25-35/h1-25,36-37,39,43H,26-30H2/t36?,37?,39-/m1/s1. The SMILES string of the molecule is O=C(OCc1ccccc1)C1N2C(=O)C(NC(c3ccccc3)(c3ccccc3)c3ccccc3)[C@H]2SC12CCN(c1ccccc1)CC2. The first-order valence-electron chi connectivity index (χ1n) is 17.0. The van der Waals surface area contributed by atoms with Gasteiger partial charge in [0, 0.05) is 18.8 Å². The molecule has 49 heavy (non-hydrogen) atoms. The number of carbonyl (C=O) groups is 2. The largest absolute Gasteiger partial charge is 0.459 e. The van der Waals surface area contributed by atoms with E-state index in [4.69, 9.17) is 4.74 Å². The molecule has 1 amide bonds. The van der Waals surface area contributed by atoms with Crippen molar-refractivity contribution >= 4 is 29.3 Å². The lowest BCUT2D eigenvalue weighted by atomic mass is 9.75. The van der Waals surface area contributed by atoms with Gasteiger partial charge in [0.25, 0.3) is 0 Å². The third-order valence-electron chi connectivity index (χ3n) is 10.4. The number of anilines is 1. The molecule has 3 aliphatic heterocycles. The normalized spacial score (nSPS) is 21.2. The minimum Gasteiger partial charge on any atom is -0.459 e. The minimum atomic E-state index is -0.799. The zero-order valence-corrected chi connectivity index (χ0v) is 28.0. The van der Waals surface area contributed by atoms with Crippen molar-refractivity contribution in [2.24, 2.45) is 0 Å². The molecule has 2 unspecified atom stereocenters. The van der Waals surface area contributed by atoms with Gasteiger partial charge in [-0.25, -0.2) is 4.79 Å². The number of β-lactam (4-membered cyclic amide) rings is 1. The molecule has 5 aromatic rings. The van der Waals surface area contributed by atoms with Crippen LogP contribution in [0.25, 0.3) is 0 Å². The molecule has 1 spiro atoms. The number of ether oxygens (including phenoxy) is 1. The van der Waals surface area contributed by atoms with Crippen LogP contribution in [0, 0.1) is 0 Å². The number of nitrogens with zero attached hydrogens (tertiary/aromatic N) is 2. The van der Waals surface area contributed by atoms with E-state index in [0.717, 1.165) is 48.2 Å². The van der Waals surface area contributed by atoms with Gasteiger partial charge < -0.3 is 14.5 Å². The zero-order valence-electron chi connectivity index (χ0n) is 27.2. The van der Waals surface area contributed by atoms with Crippen molar-refractivity contribution in [2.75, 3.05) is 18.0 Å². The fraction of sp³-hybridized carbons (Fsp3) is 0.238. The summed E-state index contributed by atoms with van der Waals surface area (Å²) in [4.78, 5) is 32.9. The lowest BCUT2D eigenvalue weighted by Gasteiger charge is -2.49. The summed E-state index contributed by atoms with van der Waals surface area (Å²) in [5.74, 6) is -0.382. The third kappa shape index (κ3) is 5.61. The maximum atomic E-state index is 14.5. The number of benzene rings is 5. The van der Waals surface area contributed by atoms with Crippen molar-refractivity contribution in [1.82, 2.24) is 10.2 Å². The maximum absolute atomic E-state index is 14.5. The van der Waals surface area contributed by atoms with Gasteiger partial charge in [0.15, 0.2) is 0 Å². The summed E-state index contributed by atoms with van der Waals surface area (Å²) in [5.41, 5.74) is 4.45. The number of para-hydroxylation sites is 1. The molecule has 0 saturated carbocycles. The number of esters is 1. The second kappa shape index (κ2) is 13.2. The molecule has 0 aromatic heterocycles. The lowest BCUT2D eigenvalue weighted by Crippen LogP contribution is -2.73. The zero-order chi connectivity index (χ0) is 33.3. The minimum absolute atomic E-state index is 0.0614. The van der Waals surface area contributed by atoms with E-state index in [2.05, 4.69) is 70.9 Å². The van der Waals surface area contributed by atoms with E-state index in [-0.39, 0.29) is 23.9 Å². The van der Waals surface area contributed by atoms with Gasteiger partial charge in [-0.05, 0) is 47.2 Å². The van der Waals surface area contributed by atoms with Crippen molar-refractivity contribution < 1.29 is 14.3 Å². The average molecular weight is 666 g/mol. The molecule has 1 N–H and O–H groups in total. The molecular weight excluding hydrogens is 627 g/mol. The summed E-state index contributed by atoms with van der Waals surface area (Å²) in [7, 11) is 0. The highest BCUT2D eigenvalue weighted by Gasteiger charge is 2.68. The Morgan fingerprint density at radius 3 is 1.69 bits per heavy atom. The van der Waals surface area contributed by atoms with E-state index in [1.807, 2.05) is 95.9 Å². The summed E-state index contributed by atoms with van der Waals surface area (Å²) in [6, 6.07) is 50.1. The van der Waals surface area contributed by atoms with Gasteiger partial charge in [0.05, 0.1) is 10.3 Å². The Hall–Kier alpha value is -4.85. The number of hydrogen-bond donors (Lipinski definition) is 1. The van der Waals surface area contributed by atoms with Gasteiger partial charge in [-0.15, -0.1) is 11.8 Å². The first-order valence-corrected chi connectivity index (χ1v) is 17.9. The molecule has 3 saturated heterocycles. The third-order valence-corrected chi connectivity index (χ3v) is 12.2. The first-order chi connectivity index (χ1) is 24.1. The Bertz CT molecular complexity index is 1790. The highest BCUT2D eigenvalue weighted by Crippen LogP contribution is 2.57. The Labute approximate surface area is 292 Å². The van der Waals surface area contributed by atoms with Crippen molar-refractivity contribution in [1.29, 1.82) is 0 Å². The molecule has 3 fully saturated rings. The monoisotopic (exact) mass is 665 g/mol. The van der Waals surface area contributed by atoms with Crippen LogP contribution in [-0.2, 0) is 26.5 Å². The van der Waals surface area contributed by atoms with Gasteiger partial charge in [0.1, 0.15) is 24.1 Å². The molecule has 3 aliphatic rings. The Morgan fingerprint density at radius 2 is 1.18 bits per heavy atom. The van der Waals surface area contributed by atoms with Crippen LogP contribution in [0.2, 0.25) is 0 Å². The summed E-state index contributed by atoms with van der Waals surface area (Å²) in [5, 5.41) is 3.71. The van der Waals surface area contributed by atoms with Crippen LogP contribution in [-0.4, -0.2) is 52.1 Å². The highest BCUT2D eigenvalue weighted by atomic mass is 32.2. The Balaban J connectivity index is 1.15. The van der Waals surface area contributed by atoms with Crippen molar-refractivity contribution in [3.05, 3.63) is 174 Å². The van der Waals surface area contributed by atoms with Crippen molar-refractivity contribution in [2.45, 2.75) is 47.2 Å². The number of rotatable bonds is 9. The number of amides is 1. The summed E-state index contributed by atoms with van der Waals surface area (Å²) < 4.78 is 5.56. The van der Waals surface area contributed by atoms with Gasteiger partial charge >= 0.3 is 5.97 Å². The molecule has 6 nitrogen and oxygen atoms in total. The topological polar surface area (TPSA) is 61.9 Å². The van der Waals surface area contributed by atoms with E-state index in [1.54, 1.807) is 11.8 Å². The van der Waals surface area contributed by atoms with Crippen LogP contribution in [0.1, 0.15) is 35.1 Å². The molecular formula is C42H39N3O3S. The number of hydrogen-bond acceptors (Lipinski definition) is 6. The van der Waals surface area contributed by atoms with Crippen LogP contribution < -0.4 is 10.2 Å². The van der Waals surface area contributed by atoms with E-state index < -0.39 is 22.4 Å². The molecule has 3 atom stereocenters. The van der Waals surface area contributed by atoms with Crippen LogP contribution in [0.4, 0.5) is 5.69 Å². The van der Waals surface area contributed by atoms with Crippen LogP contribution in [0.5, 0.6) is 0 Å². The lowest BCUT2D eigenvalue weighted by molar-refractivity contribution is -0.165. The fourth-order valence-corrected chi connectivity index (χ4v) is 9.83. The Morgan fingerprint density at radius 1 is 0.714 bits per heavy atom. The number of thioether (sulfide) groups is 1. The van der Waals surface area contributed by atoms with Crippen molar-refractivity contribution in [3.63, 3.8) is 0 Å². The van der Waals surface area contributed by atoms with Gasteiger partial charge in [-0.1, -0.05) is 140 Å². The summed E-state index contributed by atoms with van der Waals surface area (Å²) in [6.07, 6.45) is 1.54. The van der Waals surface area contributed by atoms with E-state index in [0.29, 0.717) is 0 Å². The molecule has 0 bridgehead atoms. The summed E-state index contributed by atoms with van der Waals surface area (Å²) in [6.45, 7) is 1.78. The first kappa shape index (κ1) is 31.4. The molecule has 0 radical (unpaired) electrons. The average Bonchev–Trinajstić information content (AvgIpc) is 3.47. The van der Waals surface area contributed by atoms with E-state index in [9.17, 15) is 9.59 Å². The second-order valence-corrected chi connectivity index (χ2v) is 14.6. The molecule has 5 aromatic carbocycles. The van der Waals surface area contributed by atoms with Gasteiger partial charge in [-0.2, -0.15) is 0 Å². The predicted octanol–water partition coefficient (Wildman–Crippen LogP) is 7.00. The molecule has 0 aliphatic carbocycles. The number of piperidine rings is 1. The molecule has 246 valence electrons. The maximum Gasteiger partial charge on any atom is 0.330 e. The smallest absolute Gasteiger partial charge is 0.330 e. The van der Waals surface area contributed by atoms with Gasteiger partial charge in [0.2, 0.25) is 5.91 Å². The number of fused-ring (bicyclic) bond motifs is 1. The summed E-state index contributed by atoms with van der Waals surface area (Å²) >= 11 is 1.79. The van der Waals surface area contributed by atoms with Gasteiger partial charge in [-0.3, -0.25) is 10.1 Å². The number of nitrogens with one attached hydrogen (secondary N) is 1. The molecule has 8 rings (SSSR count). The highest BCUT2D eigenvalue weighted by molar-refractivity contribution is 8.01. The molecule has 3 heterocycles. The van der Waals surface area contributed by atoms with Crippen LogP contribution in [0.3, 0.4) is 0 Å². The van der Waals surface area contributed by atoms with E-state index >= 15 is 0 Å².